The molecule has 0 amide bonds. The van der Waals surface area contributed by atoms with Crippen molar-refractivity contribution in [2.24, 2.45) is 5.92 Å². The Morgan fingerprint density at radius 1 is 1.50 bits per heavy atom. The molecule has 0 radical (unpaired) electrons. The third-order valence-corrected chi connectivity index (χ3v) is 2.80. The van der Waals surface area contributed by atoms with Crippen LogP contribution in [-0.2, 0) is 0 Å². The molecule has 2 fully saturated rings. The van der Waals surface area contributed by atoms with E-state index in [1.54, 1.807) is 11.1 Å². The summed E-state index contributed by atoms with van der Waals surface area (Å²) in [7, 11) is 0. The van der Waals surface area contributed by atoms with E-state index in [1.807, 2.05) is 0 Å². The summed E-state index contributed by atoms with van der Waals surface area (Å²) in [4.78, 5) is 0. The summed E-state index contributed by atoms with van der Waals surface area (Å²) >= 11 is 0. The maximum absolute atomic E-state index is 3.51. The predicted molar refractivity (Wildman–Crippen MR) is 51.2 cm³/mol. The summed E-state index contributed by atoms with van der Waals surface area (Å²) in [6.45, 7) is 6.83. The number of hydrogen-bond acceptors (Lipinski definition) is 2. The van der Waals surface area contributed by atoms with Gasteiger partial charge in [0.1, 0.15) is 0 Å². The van der Waals surface area contributed by atoms with Crippen molar-refractivity contribution in [2.75, 3.05) is 26.2 Å². The molecule has 0 aromatic carbocycles. The molecule has 0 bridgehead atoms. The third kappa shape index (κ3) is 2.08. The normalized spacial score (nSPS) is 22.2. The van der Waals surface area contributed by atoms with Crippen LogP contribution in [0.2, 0.25) is 0 Å². The average molecular weight is 166 g/mol. The SMILES string of the molecule is CC(CNCC1CC1)=C1CNC1. The van der Waals surface area contributed by atoms with Gasteiger partial charge in [-0.3, -0.25) is 0 Å². The maximum atomic E-state index is 3.51. The lowest BCUT2D eigenvalue weighted by Gasteiger charge is -2.22. The van der Waals surface area contributed by atoms with E-state index < -0.39 is 0 Å². The van der Waals surface area contributed by atoms with Crippen molar-refractivity contribution < 1.29 is 0 Å². The van der Waals surface area contributed by atoms with E-state index in [1.165, 1.54) is 19.4 Å². The quantitative estimate of drug-likeness (QED) is 0.606. The number of nitrogens with one attached hydrogen (secondary N) is 2. The van der Waals surface area contributed by atoms with Crippen molar-refractivity contribution in [1.82, 2.24) is 10.6 Å². The van der Waals surface area contributed by atoms with Gasteiger partial charge < -0.3 is 10.6 Å². The van der Waals surface area contributed by atoms with Crippen LogP contribution in [0.15, 0.2) is 11.1 Å². The van der Waals surface area contributed by atoms with Gasteiger partial charge >= 0.3 is 0 Å². The first-order valence-corrected chi connectivity index (χ1v) is 4.95. The molecule has 12 heavy (non-hydrogen) atoms. The lowest BCUT2D eigenvalue weighted by molar-refractivity contribution is 0.628. The first-order chi connectivity index (χ1) is 5.86. The van der Waals surface area contributed by atoms with E-state index in [0.717, 1.165) is 25.6 Å². The van der Waals surface area contributed by atoms with E-state index in [-0.39, 0.29) is 0 Å². The Morgan fingerprint density at radius 3 is 2.75 bits per heavy atom. The van der Waals surface area contributed by atoms with Gasteiger partial charge in [-0.2, -0.15) is 0 Å². The molecule has 2 aliphatic rings. The highest BCUT2D eigenvalue weighted by atomic mass is 14.9. The van der Waals surface area contributed by atoms with Gasteiger partial charge in [-0.15, -0.1) is 0 Å². The monoisotopic (exact) mass is 166 g/mol. The highest BCUT2D eigenvalue weighted by molar-refractivity contribution is 5.22. The second-order valence-electron chi connectivity index (χ2n) is 4.06. The molecule has 2 rings (SSSR count). The van der Waals surface area contributed by atoms with Crippen molar-refractivity contribution in [3.8, 4) is 0 Å². The molecule has 0 atom stereocenters. The molecule has 0 unspecified atom stereocenters. The lowest BCUT2D eigenvalue weighted by Crippen LogP contribution is -2.36. The van der Waals surface area contributed by atoms with Gasteiger partial charge in [0.05, 0.1) is 0 Å². The Morgan fingerprint density at radius 2 is 2.25 bits per heavy atom. The highest BCUT2D eigenvalue weighted by Crippen LogP contribution is 2.27. The van der Waals surface area contributed by atoms with E-state index in [4.69, 9.17) is 0 Å². The molecule has 2 heteroatoms. The lowest BCUT2D eigenvalue weighted by atomic mass is 10.0. The molecule has 1 aliphatic carbocycles. The van der Waals surface area contributed by atoms with Gasteiger partial charge in [0, 0.05) is 19.6 Å². The summed E-state index contributed by atoms with van der Waals surface area (Å²) in [5.41, 5.74) is 3.16. The fraction of sp³-hybridized carbons (Fsp3) is 0.800. The zero-order valence-electron chi connectivity index (χ0n) is 7.82. The summed E-state index contributed by atoms with van der Waals surface area (Å²) in [6.07, 6.45) is 2.90. The smallest absolute Gasteiger partial charge is 0.0183 e. The van der Waals surface area contributed by atoms with Crippen molar-refractivity contribution in [2.45, 2.75) is 19.8 Å². The highest BCUT2D eigenvalue weighted by Gasteiger charge is 2.20. The summed E-state index contributed by atoms with van der Waals surface area (Å²) < 4.78 is 0. The molecule has 0 aromatic heterocycles. The summed E-state index contributed by atoms with van der Waals surface area (Å²) in [6, 6.07) is 0. The first-order valence-electron chi connectivity index (χ1n) is 4.95. The molecule has 1 saturated heterocycles. The van der Waals surface area contributed by atoms with Crippen molar-refractivity contribution in [3.63, 3.8) is 0 Å². The van der Waals surface area contributed by atoms with Crippen LogP contribution in [0, 0.1) is 5.92 Å². The van der Waals surface area contributed by atoms with Crippen LogP contribution in [0.25, 0.3) is 0 Å². The van der Waals surface area contributed by atoms with Gasteiger partial charge in [-0.25, -0.2) is 0 Å². The minimum absolute atomic E-state index is 1.00. The van der Waals surface area contributed by atoms with Crippen molar-refractivity contribution in [3.05, 3.63) is 11.1 Å². The van der Waals surface area contributed by atoms with Crippen molar-refractivity contribution in [1.29, 1.82) is 0 Å². The Kier molecular flexibility index (Phi) is 2.47. The zero-order valence-corrected chi connectivity index (χ0v) is 7.82. The van der Waals surface area contributed by atoms with Crippen LogP contribution < -0.4 is 10.6 Å². The summed E-state index contributed by atoms with van der Waals surface area (Å²) in [5.74, 6) is 1.00. The standard InChI is InChI=1S/C10H18N2/c1-8(10-6-12-7-10)4-11-5-9-2-3-9/h9,11-12H,2-7H2,1H3. The zero-order chi connectivity index (χ0) is 8.39. The van der Waals surface area contributed by atoms with Gasteiger partial charge in [0.2, 0.25) is 0 Å². The third-order valence-electron chi connectivity index (χ3n) is 2.80. The van der Waals surface area contributed by atoms with Gasteiger partial charge in [0.15, 0.2) is 0 Å². The minimum atomic E-state index is 1.00. The average Bonchev–Trinajstić information content (AvgIpc) is 2.67. The largest absolute Gasteiger partial charge is 0.313 e. The predicted octanol–water partition coefficient (Wildman–Crippen LogP) is 0.906. The van der Waals surface area contributed by atoms with E-state index >= 15 is 0 Å². The molecule has 0 spiro atoms. The van der Waals surface area contributed by atoms with Gasteiger partial charge in [0.25, 0.3) is 0 Å². The fourth-order valence-electron chi connectivity index (χ4n) is 1.46. The molecular formula is C10H18N2. The van der Waals surface area contributed by atoms with Crippen LogP contribution >= 0.6 is 0 Å². The van der Waals surface area contributed by atoms with E-state index in [9.17, 15) is 0 Å². The topological polar surface area (TPSA) is 24.1 Å². The molecule has 1 heterocycles. The first kappa shape index (κ1) is 8.27. The van der Waals surface area contributed by atoms with Crippen LogP contribution in [0.3, 0.4) is 0 Å². The van der Waals surface area contributed by atoms with Gasteiger partial charge in [-0.05, 0) is 37.8 Å². The molecule has 2 N–H and O–H groups in total. The molecule has 1 saturated carbocycles. The Labute approximate surface area is 74.4 Å². The second-order valence-corrected chi connectivity index (χ2v) is 4.06. The molecule has 2 nitrogen and oxygen atoms in total. The number of hydrogen-bond donors (Lipinski definition) is 2. The molecule has 0 aromatic rings. The minimum Gasteiger partial charge on any atom is -0.313 e. The van der Waals surface area contributed by atoms with Crippen LogP contribution in [0.4, 0.5) is 0 Å². The Hall–Kier alpha value is -0.340. The van der Waals surface area contributed by atoms with Crippen LogP contribution in [0.1, 0.15) is 19.8 Å². The molecular weight excluding hydrogens is 148 g/mol. The summed E-state index contributed by atoms with van der Waals surface area (Å²) in [5, 5.41) is 6.78. The van der Waals surface area contributed by atoms with Crippen LogP contribution in [-0.4, -0.2) is 26.2 Å². The Balaban J connectivity index is 1.64. The fourth-order valence-corrected chi connectivity index (χ4v) is 1.46. The van der Waals surface area contributed by atoms with Crippen molar-refractivity contribution >= 4 is 0 Å². The second kappa shape index (κ2) is 3.58. The van der Waals surface area contributed by atoms with E-state index in [0.29, 0.717) is 0 Å². The Bertz CT molecular complexity index is 186. The van der Waals surface area contributed by atoms with Gasteiger partial charge in [-0.1, -0.05) is 5.57 Å². The maximum Gasteiger partial charge on any atom is 0.0183 e. The number of rotatable bonds is 4. The molecule has 1 aliphatic heterocycles. The molecule has 68 valence electrons. The van der Waals surface area contributed by atoms with E-state index in [2.05, 4.69) is 17.6 Å². The van der Waals surface area contributed by atoms with Crippen LogP contribution in [0.5, 0.6) is 0 Å².